The van der Waals surface area contributed by atoms with Crippen molar-refractivity contribution >= 4 is 34.2 Å². The van der Waals surface area contributed by atoms with Crippen LogP contribution in [-0.2, 0) is 11.2 Å². The summed E-state index contributed by atoms with van der Waals surface area (Å²) in [4.78, 5) is 12.5. The van der Waals surface area contributed by atoms with Gasteiger partial charge in [0.1, 0.15) is 0 Å². The molecule has 0 aliphatic rings. The molecule has 1 N–H and O–H groups in total. The predicted octanol–water partition coefficient (Wildman–Crippen LogP) is 4.28. The molecule has 4 aromatic rings. The molecule has 0 fully saturated rings. The van der Waals surface area contributed by atoms with E-state index in [0.717, 1.165) is 38.4 Å². The zero-order valence-corrected chi connectivity index (χ0v) is 20.4. The van der Waals surface area contributed by atoms with Gasteiger partial charge in [0, 0.05) is 6.54 Å². The number of aromatic nitrogens is 3. The van der Waals surface area contributed by atoms with E-state index >= 15 is 0 Å². The fraction of sp³-hybridized carbons (Fsp3) is 0.320. The molecular formula is C25H28N4O3S. The van der Waals surface area contributed by atoms with Crippen molar-refractivity contribution in [3.05, 3.63) is 58.7 Å². The number of aryl methyl sites for hydroxylation is 3. The predicted molar refractivity (Wildman–Crippen MR) is 132 cm³/mol. The van der Waals surface area contributed by atoms with Crippen LogP contribution in [0.1, 0.15) is 22.3 Å². The molecule has 0 aliphatic carbocycles. The lowest BCUT2D eigenvalue weighted by Gasteiger charge is -2.11. The minimum Gasteiger partial charge on any atom is -0.493 e. The van der Waals surface area contributed by atoms with Crippen molar-refractivity contribution in [3.63, 3.8) is 0 Å². The number of methoxy groups -OCH3 is 2. The second kappa shape index (κ2) is 9.70. The highest BCUT2D eigenvalue weighted by Gasteiger charge is 2.15. The third kappa shape index (κ3) is 4.75. The van der Waals surface area contributed by atoms with Crippen molar-refractivity contribution in [2.45, 2.75) is 32.3 Å². The Bertz CT molecular complexity index is 1330. The van der Waals surface area contributed by atoms with Crippen LogP contribution in [0.3, 0.4) is 0 Å². The number of nitrogens with zero attached hydrogens (tertiary/aromatic N) is 3. The topological polar surface area (TPSA) is 77.8 Å². The Morgan fingerprint density at radius 2 is 1.79 bits per heavy atom. The normalized spacial score (nSPS) is 11.2. The van der Waals surface area contributed by atoms with E-state index < -0.39 is 0 Å². The second-order valence-corrected chi connectivity index (χ2v) is 9.01. The van der Waals surface area contributed by atoms with Crippen LogP contribution in [-0.4, -0.2) is 47.0 Å². The summed E-state index contributed by atoms with van der Waals surface area (Å²) in [7, 11) is 3.22. The number of fused-ring (bicyclic) bond motifs is 3. The lowest BCUT2D eigenvalue weighted by molar-refractivity contribution is -0.118. The van der Waals surface area contributed by atoms with Crippen molar-refractivity contribution in [2.24, 2.45) is 0 Å². The Morgan fingerprint density at radius 3 is 2.55 bits per heavy atom. The molecule has 8 heteroatoms. The van der Waals surface area contributed by atoms with Crippen LogP contribution in [0.2, 0.25) is 0 Å². The van der Waals surface area contributed by atoms with Crippen LogP contribution in [0.25, 0.3) is 16.6 Å². The highest BCUT2D eigenvalue weighted by Crippen LogP contribution is 2.29. The van der Waals surface area contributed by atoms with Gasteiger partial charge in [0.25, 0.3) is 0 Å². The first-order chi connectivity index (χ1) is 15.9. The van der Waals surface area contributed by atoms with Gasteiger partial charge in [-0.1, -0.05) is 29.5 Å². The average molecular weight is 465 g/mol. The molecule has 0 saturated carbocycles. The lowest BCUT2D eigenvalue weighted by Crippen LogP contribution is -2.27. The molecule has 0 spiro atoms. The minimum atomic E-state index is -0.0400. The maximum absolute atomic E-state index is 12.5. The zero-order chi connectivity index (χ0) is 23.5. The van der Waals surface area contributed by atoms with Gasteiger partial charge in [0.05, 0.1) is 25.5 Å². The van der Waals surface area contributed by atoms with Crippen LogP contribution in [0.15, 0.2) is 41.6 Å². The van der Waals surface area contributed by atoms with E-state index in [1.165, 1.54) is 17.3 Å². The summed E-state index contributed by atoms with van der Waals surface area (Å²) in [5.41, 5.74) is 6.42. The average Bonchev–Trinajstić information content (AvgIpc) is 3.21. The molecule has 0 saturated heterocycles. The molecule has 4 rings (SSSR count). The third-order valence-electron chi connectivity index (χ3n) is 5.57. The first-order valence-electron chi connectivity index (χ1n) is 10.8. The fourth-order valence-corrected chi connectivity index (χ4v) is 4.86. The number of thioether (sulfide) groups is 1. The lowest BCUT2D eigenvalue weighted by atomic mass is 10.1. The Labute approximate surface area is 197 Å². The molecule has 0 radical (unpaired) electrons. The molecule has 2 aromatic heterocycles. The number of rotatable bonds is 8. The number of carbonyl (C=O) groups is 1. The van der Waals surface area contributed by atoms with Gasteiger partial charge >= 0.3 is 0 Å². The largest absolute Gasteiger partial charge is 0.493 e. The monoisotopic (exact) mass is 464 g/mol. The summed E-state index contributed by atoms with van der Waals surface area (Å²) < 4.78 is 12.7. The Hall–Kier alpha value is -3.26. The number of nitrogens with one attached hydrogen (secondary N) is 1. The standard InChI is InChI=1S/C25H28N4O3S/c1-15-10-16(2)23-19(11-15)12-17(3)24-27-28-25(29(23)24)33-14-22(30)26-9-8-18-6-7-20(31-4)21(13-18)32-5/h6-7,10-13H,8-9,14H2,1-5H3,(H,26,30). The van der Waals surface area contributed by atoms with E-state index in [0.29, 0.717) is 24.5 Å². The van der Waals surface area contributed by atoms with Gasteiger partial charge in [-0.05, 0) is 73.5 Å². The molecule has 7 nitrogen and oxygen atoms in total. The van der Waals surface area contributed by atoms with Crippen molar-refractivity contribution in [2.75, 3.05) is 26.5 Å². The first-order valence-corrected chi connectivity index (χ1v) is 11.8. The Kier molecular flexibility index (Phi) is 6.74. The van der Waals surface area contributed by atoms with Gasteiger partial charge in [0.15, 0.2) is 22.3 Å². The number of benzene rings is 2. The maximum Gasteiger partial charge on any atom is 0.230 e. The van der Waals surface area contributed by atoms with Crippen LogP contribution < -0.4 is 14.8 Å². The molecule has 1 amide bonds. The van der Waals surface area contributed by atoms with Crippen molar-refractivity contribution in [1.82, 2.24) is 19.9 Å². The molecule has 0 unspecified atom stereocenters. The van der Waals surface area contributed by atoms with Crippen LogP contribution in [0.5, 0.6) is 11.5 Å². The van der Waals surface area contributed by atoms with Gasteiger partial charge in [-0.2, -0.15) is 0 Å². The highest BCUT2D eigenvalue weighted by molar-refractivity contribution is 7.99. The quantitative estimate of drug-likeness (QED) is 0.392. The molecule has 0 bridgehead atoms. The van der Waals surface area contributed by atoms with E-state index in [1.54, 1.807) is 14.2 Å². The first kappa shape index (κ1) is 22.9. The molecule has 0 aliphatic heterocycles. The second-order valence-electron chi connectivity index (χ2n) is 8.07. The third-order valence-corrected chi connectivity index (χ3v) is 6.50. The summed E-state index contributed by atoms with van der Waals surface area (Å²) in [5.74, 6) is 1.60. The van der Waals surface area contributed by atoms with Crippen LogP contribution in [0.4, 0.5) is 0 Å². The van der Waals surface area contributed by atoms with Crippen LogP contribution >= 0.6 is 11.8 Å². The number of pyridine rings is 1. The number of hydrogen-bond donors (Lipinski definition) is 1. The summed E-state index contributed by atoms with van der Waals surface area (Å²) >= 11 is 1.40. The summed E-state index contributed by atoms with van der Waals surface area (Å²) in [6.45, 7) is 6.77. The molecule has 172 valence electrons. The van der Waals surface area contributed by atoms with Crippen molar-refractivity contribution < 1.29 is 14.3 Å². The molecule has 33 heavy (non-hydrogen) atoms. The number of amides is 1. The molecular weight excluding hydrogens is 436 g/mol. The van der Waals surface area contributed by atoms with Crippen molar-refractivity contribution in [1.29, 1.82) is 0 Å². The summed E-state index contributed by atoms with van der Waals surface area (Å²) in [5, 5.41) is 13.6. The molecule has 2 heterocycles. The number of ether oxygens (including phenoxy) is 2. The Morgan fingerprint density at radius 1 is 1.00 bits per heavy atom. The van der Waals surface area contributed by atoms with Crippen molar-refractivity contribution in [3.8, 4) is 11.5 Å². The summed E-state index contributed by atoms with van der Waals surface area (Å²) in [6, 6.07) is 12.3. The molecule has 0 atom stereocenters. The Balaban J connectivity index is 1.43. The maximum atomic E-state index is 12.5. The smallest absolute Gasteiger partial charge is 0.230 e. The number of carbonyl (C=O) groups excluding carboxylic acids is 1. The van der Waals surface area contributed by atoms with E-state index in [9.17, 15) is 4.79 Å². The van der Waals surface area contributed by atoms with Gasteiger partial charge in [-0.3, -0.25) is 9.20 Å². The van der Waals surface area contributed by atoms with Gasteiger partial charge in [-0.25, -0.2) is 0 Å². The van der Waals surface area contributed by atoms with E-state index in [2.05, 4.69) is 52.0 Å². The fourth-order valence-electron chi connectivity index (χ4n) is 4.09. The minimum absolute atomic E-state index is 0.0400. The van der Waals surface area contributed by atoms with Crippen LogP contribution in [0, 0.1) is 20.8 Å². The number of hydrogen-bond acceptors (Lipinski definition) is 6. The van der Waals surface area contributed by atoms with Gasteiger partial charge in [0.2, 0.25) is 5.91 Å². The zero-order valence-electron chi connectivity index (χ0n) is 19.6. The van der Waals surface area contributed by atoms with E-state index in [4.69, 9.17) is 9.47 Å². The highest BCUT2D eigenvalue weighted by atomic mass is 32.2. The van der Waals surface area contributed by atoms with Gasteiger partial charge in [-0.15, -0.1) is 10.2 Å². The van der Waals surface area contributed by atoms with E-state index in [1.807, 2.05) is 25.1 Å². The molecule has 2 aromatic carbocycles. The SMILES string of the molecule is COc1ccc(CCNC(=O)CSc2nnc3c(C)cc4cc(C)cc(C)c4n23)cc1OC. The van der Waals surface area contributed by atoms with Gasteiger partial charge < -0.3 is 14.8 Å². The summed E-state index contributed by atoms with van der Waals surface area (Å²) in [6.07, 6.45) is 0.701. The van der Waals surface area contributed by atoms with E-state index in [-0.39, 0.29) is 11.7 Å².